The molecule has 0 unspecified atom stereocenters. The van der Waals surface area contributed by atoms with Gasteiger partial charge >= 0.3 is 0 Å². The zero-order chi connectivity index (χ0) is 13.2. The minimum absolute atomic E-state index is 0.110. The van der Waals surface area contributed by atoms with Crippen molar-refractivity contribution in [1.82, 2.24) is 18.7 Å². The Kier molecular flexibility index (Phi) is 3.33. The SMILES string of the molecule is CC(C)(C)c1ncc(NC(=O)c2cnsn2)cn1. The summed E-state index contributed by atoms with van der Waals surface area (Å²) in [5.41, 5.74) is 0.724. The molecule has 6 nitrogen and oxygen atoms in total. The predicted octanol–water partition coefficient (Wildman–Crippen LogP) is 1.88. The molecule has 2 rings (SSSR count). The third-order valence-corrected chi connectivity index (χ3v) is 2.65. The highest BCUT2D eigenvalue weighted by molar-refractivity contribution is 6.99. The molecule has 2 aromatic rings. The maximum Gasteiger partial charge on any atom is 0.277 e. The van der Waals surface area contributed by atoms with Crippen LogP contribution in [0, 0.1) is 0 Å². The van der Waals surface area contributed by atoms with Gasteiger partial charge in [-0.3, -0.25) is 4.79 Å². The van der Waals surface area contributed by atoms with Gasteiger partial charge in [0.1, 0.15) is 5.82 Å². The van der Waals surface area contributed by atoms with Crippen LogP contribution in [-0.4, -0.2) is 24.6 Å². The molecule has 94 valence electrons. The highest BCUT2D eigenvalue weighted by atomic mass is 32.1. The van der Waals surface area contributed by atoms with Gasteiger partial charge in [0.25, 0.3) is 5.91 Å². The van der Waals surface area contributed by atoms with Gasteiger partial charge in [-0.15, -0.1) is 0 Å². The number of amides is 1. The van der Waals surface area contributed by atoms with Crippen LogP contribution in [0.5, 0.6) is 0 Å². The van der Waals surface area contributed by atoms with Crippen LogP contribution in [0.4, 0.5) is 5.69 Å². The van der Waals surface area contributed by atoms with Crippen molar-refractivity contribution in [2.45, 2.75) is 26.2 Å². The van der Waals surface area contributed by atoms with Crippen LogP contribution >= 0.6 is 11.7 Å². The summed E-state index contributed by atoms with van der Waals surface area (Å²) in [6, 6.07) is 0. The van der Waals surface area contributed by atoms with Crippen molar-refractivity contribution in [3.05, 3.63) is 30.1 Å². The molecule has 0 fully saturated rings. The molecule has 7 heteroatoms. The predicted molar refractivity (Wildman–Crippen MR) is 68.6 cm³/mol. The quantitative estimate of drug-likeness (QED) is 0.894. The van der Waals surface area contributed by atoms with Gasteiger partial charge in [-0.2, -0.15) is 8.75 Å². The first-order valence-corrected chi connectivity index (χ1v) is 6.11. The van der Waals surface area contributed by atoms with Crippen LogP contribution in [0.2, 0.25) is 0 Å². The summed E-state index contributed by atoms with van der Waals surface area (Å²) in [6.07, 6.45) is 4.60. The van der Waals surface area contributed by atoms with E-state index in [-0.39, 0.29) is 11.3 Å². The fourth-order valence-corrected chi connectivity index (χ4v) is 1.65. The number of anilines is 1. The summed E-state index contributed by atoms with van der Waals surface area (Å²) in [5.74, 6) is 0.423. The first-order valence-electron chi connectivity index (χ1n) is 5.38. The van der Waals surface area contributed by atoms with Crippen LogP contribution in [0.1, 0.15) is 37.1 Å². The normalized spacial score (nSPS) is 11.3. The van der Waals surface area contributed by atoms with Crippen LogP contribution in [0.25, 0.3) is 0 Å². The van der Waals surface area contributed by atoms with E-state index in [4.69, 9.17) is 0 Å². The van der Waals surface area contributed by atoms with E-state index >= 15 is 0 Å². The minimum atomic E-state index is -0.309. The number of carbonyl (C=O) groups is 1. The third-order valence-electron chi connectivity index (χ3n) is 2.17. The lowest BCUT2D eigenvalue weighted by molar-refractivity contribution is 0.102. The van der Waals surface area contributed by atoms with Gasteiger partial charge in [0.15, 0.2) is 5.69 Å². The molecule has 0 spiro atoms. The van der Waals surface area contributed by atoms with Gasteiger partial charge in [-0.05, 0) is 0 Å². The van der Waals surface area contributed by atoms with Gasteiger partial charge in [0.2, 0.25) is 0 Å². The first kappa shape index (κ1) is 12.6. The Morgan fingerprint density at radius 2 is 1.89 bits per heavy atom. The first-order chi connectivity index (χ1) is 8.47. The summed E-state index contributed by atoms with van der Waals surface area (Å²) in [6.45, 7) is 6.09. The van der Waals surface area contributed by atoms with E-state index in [0.29, 0.717) is 11.4 Å². The molecule has 18 heavy (non-hydrogen) atoms. The lowest BCUT2D eigenvalue weighted by Gasteiger charge is -2.16. The molecule has 1 N–H and O–H groups in total. The van der Waals surface area contributed by atoms with Gasteiger partial charge in [0.05, 0.1) is 36.0 Å². The topological polar surface area (TPSA) is 80.7 Å². The highest BCUT2D eigenvalue weighted by Gasteiger charge is 2.17. The van der Waals surface area contributed by atoms with E-state index in [2.05, 4.69) is 24.0 Å². The Hall–Kier alpha value is -1.89. The number of nitrogens with zero attached hydrogens (tertiary/aromatic N) is 4. The molecule has 2 heterocycles. The maximum atomic E-state index is 11.7. The smallest absolute Gasteiger partial charge is 0.277 e. The second-order valence-corrected chi connectivity index (χ2v) is 5.35. The second kappa shape index (κ2) is 4.77. The van der Waals surface area contributed by atoms with Crippen LogP contribution in [-0.2, 0) is 5.41 Å². The van der Waals surface area contributed by atoms with Gasteiger partial charge in [0, 0.05) is 5.41 Å². The summed E-state index contributed by atoms with van der Waals surface area (Å²) < 4.78 is 7.62. The second-order valence-electron chi connectivity index (χ2n) is 4.79. The largest absolute Gasteiger partial charge is 0.318 e. The molecule has 0 aliphatic carbocycles. The number of carbonyl (C=O) groups excluding carboxylic acids is 1. The van der Waals surface area contributed by atoms with Gasteiger partial charge in [-0.1, -0.05) is 20.8 Å². The van der Waals surface area contributed by atoms with E-state index in [1.165, 1.54) is 6.20 Å². The summed E-state index contributed by atoms with van der Waals surface area (Å²) in [5, 5.41) is 2.66. The zero-order valence-corrected chi connectivity index (χ0v) is 11.2. The lowest BCUT2D eigenvalue weighted by atomic mass is 9.96. The Labute approximate surface area is 109 Å². The van der Waals surface area contributed by atoms with Crippen molar-refractivity contribution < 1.29 is 4.79 Å². The van der Waals surface area contributed by atoms with Crippen molar-refractivity contribution in [2.24, 2.45) is 0 Å². The van der Waals surface area contributed by atoms with Crippen molar-refractivity contribution in [1.29, 1.82) is 0 Å². The molecule has 0 atom stereocenters. The van der Waals surface area contributed by atoms with Gasteiger partial charge < -0.3 is 5.32 Å². The van der Waals surface area contributed by atoms with Crippen molar-refractivity contribution in [2.75, 3.05) is 5.32 Å². The lowest BCUT2D eigenvalue weighted by Crippen LogP contribution is -2.17. The van der Waals surface area contributed by atoms with Crippen LogP contribution in [0.15, 0.2) is 18.6 Å². The van der Waals surface area contributed by atoms with Crippen molar-refractivity contribution >= 4 is 23.3 Å². The number of hydrogen-bond donors (Lipinski definition) is 1. The fourth-order valence-electron chi connectivity index (χ4n) is 1.24. The standard InChI is InChI=1S/C11H13N5OS/c1-11(2,3)10-12-4-7(5-13-10)15-9(17)8-6-14-18-16-8/h4-6H,1-3H3,(H,15,17). The molecule has 0 radical (unpaired) electrons. The molecule has 0 bridgehead atoms. The summed E-state index contributed by atoms with van der Waals surface area (Å²) >= 11 is 0.992. The average Bonchev–Trinajstić information content (AvgIpc) is 2.82. The molecule has 1 amide bonds. The molecule has 2 aromatic heterocycles. The molecule has 0 aromatic carbocycles. The number of nitrogens with one attached hydrogen (secondary N) is 1. The van der Waals surface area contributed by atoms with E-state index in [9.17, 15) is 4.79 Å². The third kappa shape index (κ3) is 2.86. The Balaban J connectivity index is 2.09. The minimum Gasteiger partial charge on any atom is -0.318 e. The Morgan fingerprint density at radius 1 is 1.22 bits per heavy atom. The summed E-state index contributed by atoms with van der Waals surface area (Å²) in [7, 11) is 0. The van der Waals surface area contributed by atoms with Crippen LogP contribution in [0.3, 0.4) is 0 Å². The molecule has 0 aliphatic rings. The monoisotopic (exact) mass is 263 g/mol. The summed E-state index contributed by atoms with van der Waals surface area (Å²) in [4.78, 5) is 20.1. The molecule has 0 aliphatic heterocycles. The number of hydrogen-bond acceptors (Lipinski definition) is 6. The molecular formula is C11H13N5OS. The van der Waals surface area contributed by atoms with Crippen molar-refractivity contribution in [3.63, 3.8) is 0 Å². The molecule has 0 saturated carbocycles. The Bertz CT molecular complexity index is 530. The fraction of sp³-hybridized carbons (Fsp3) is 0.364. The van der Waals surface area contributed by atoms with Gasteiger partial charge in [-0.25, -0.2) is 9.97 Å². The Morgan fingerprint density at radius 3 is 2.39 bits per heavy atom. The van der Waals surface area contributed by atoms with E-state index < -0.39 is 0 Å². The highest BCUT2D eigenvalue weighted by Crippen LogP contribution is 2.18. The molecular weight excluding hydrogens is 250 g/mol. The molecule has 0 saturated heterocycles. The van der Waals surface area contributed by atoms with E-state index in [1.807, 2.05) is 20.8 Å². The number of rotatable bonds is 2. The average molecular weight is 263 g/mol. The van der Waals surface area contributed by atoms with Crippen LogP contribution < -0.4 is 5.32 Å². The van der Waals surface area contributed by atoms with E-state index in [1.54, 1.807) is 12.4 Å². The zero-order valence-electron chi connectivity index (χ0n) is 10.3. The van der Waals surface area contributed by atoms with Crippen molar-refractivity contribution in [3.8, 4) is 0 Å². The number of aromatic nitrogens is 4. The van der Waals surface area contributed by atoms with E-state index in [0.717, 1.165) is 17.6 Å². The maximum absolute atomic E-state index is 11.7.